The lowest BCUT2D eigenvalue weighted by Crippen LogP contribution is -2.43. The zero-order valence-corrected chi connectivity index (χ0v) is 10.8. The summed E-state index contributed by atoms with van der Waals surface area (Å²) in [6, 6.07) is 1.56. The van der Waals surface area contributed by atoms with Gasteiger partial charge in [-0.05, 0) is 11.4 Å². The normalized spacial score (nSPS) is 11.3. The van der Waals surface area contributed by atoms with Crippen LogP contribution >= 0.6 is 11.3 Å². The molecule has 0 saturated heterocycles. The first-order chi connectivity index (χ1) is 8.00. The molecule has 0 aliphatic heterocycles. The zero-order valence-electron chi connectivity index (χ0n) is 10.0. The number of anilines is 1. The highest BCUT2D eigenvalue weighted by atomic mass is 32.1. The van der Waals surface area contributed by atoms with Crippen LogP contribution in [0.3, 0.4) is 0 Å². The average molecular weight is 258 g/mol. The number of amides is 2. The van der Waals surface area contributed by atoms with Gasteiger partial charge in [-0.15, -0.1) is 0 Å². The monoisotopic (exact) mass is 258 g/mol. The fourth-order valence-corrected chi connectivity index (χ4v) is 1.94. The number of nitrogens with one attached hydrogen (secondary N) is 1. The summed E-state index contributed by atoms with van der Waals surface area (Å²) in [7, 11) is 1.63. The number of hydrogen-bond donors (Lipinski definition) is 3. The van der Waals surface area contributed by atoms with Crippen molar-refractivity contribution in [2.75, 3.05) is 32.1 Å². The van der Waals surface area contributed by atoms with Crippen molar-refractivity contribution in [1.29, 1.82) is 0 Å². The van der Waals surface area contributed by atoms with Crippen LogP contribution in [0.1, 0.15) is 6.92 Å². The van der Waals surface area contributed by atoms with Crippen molar-refractivity contribution < 1.29 is 15.0 Å². The second-order valence-corrected chi connectivity index (χ2v) is 5.21. The third-order valence-electron chi connectivity index (χ3n) is 2.50. The Labute approximate surface area is 105 Å². The average Bonchev–Trinajstić information content (AvgIpc) is 2.81. The zero-order chi connectivity index (χ0) is 12.9. The van der Waals surface area contributed by atoms with Crippen LogP contribution in [0.15, 0.2) is 16.8 Å². The minimum absolute atomic E-state index is 0.167. The molecular formula is C11H18N2O3S. The molecule has 0 saturated carbocycles. The third kappa shape index (κ3) is 3.99. The molecule has 0 spiro atoms. The van der Waals surface area contributed by atoms with Gasteiger partial charge in [0.15, 0.2) is 0 Å². The summed E-state index contributed by atoms with van der Waals surface area (Å²) in [4.78, 5) is 13.2. The van der Waals surface area contributed by atoms with Gasteiger partial charge in [0.05, 0.1) is 18.9 Å². The van der Waals surface area contributed by atoms with Gasteiger partial charge in [0.1, 0.15) is 0 Å². The summed E-state index contributed by atoms with van der Waals surface area (Å²) in [6.07, 6.45) is 0. The second-order valence-electron chi connectivity index (χ2n) is 4.43. The van der Waals surface area contributed by atoms with Crippen molar-refractivity contribution in [2.24, 2.45) is 5.41 Å². The molecule has 0 aromatic carbocycles. The lowest BCUT2D eigenvalue weighted by Gasteiger charge is -2.30. The minimum Gasteiger partial charge on any atom is -0.396 e. The molecule has 0 atom stereocenters. The Bertz CT molecular complexity index is 350. The highest BCUT2D eigenvalue weighted by Gasteiger charge is 2.26. The standard InChI is InChI=1S/C11H18N2O3S/c1-11(7-14,8-15)6-13(2)10(16)12-9-3-4-17-5-9/h3-5,14-15H,6-8H2,1-2H3,(H,12,16). The van der Waals surface area contributed by atoms with Crippen molar-refractivity contribution in [1.82, 2.24) is 4.90 Å². The Balaban J connectivity index is 2.52. The van der Waals surface area contributed by atoms with Crippen LogP contribution < -0.4 is 5.32 Å². The molecule has 1 rings (SSSR count). The van der Waals surface area contributed by atoms with E-state index < -0.39 is 5.41 Å². The maximum atomic E-state index is 11.8. The Hall–Kier alpha value is -1.11. The fraction of sp³-hybridized carbons (Fsp3) is 0.545. The largest absolute Gasteiger partial charge is 0.396 e. The summed E-state index contributed by atoms with van der Waals surface area (Å²) in [5, 5.41) is 24.8. The summed E-state index contributed by atoms with van der Waals surface area (Å²) >= 11 is 1.50. The quantitative estimate of drug-likeness (QED) is 0.743. The molecule has 5 nitrogen and oxygen atoms in total. The molecule has 17 heavy (non-hydrogen) atoms. The van der Waals surface area contributed by atoms with Gasteiger partial charge in [0.25, 0.3) is 0 Å². The Morgan fingerprint density at radius 1 is 1.53 bits per heavy atom. The topological polar surface area (TPSA) is 72.8 Å². The molecular weight excluding hydrogens is 240 g/mol. The molecule has 1 aromatic heterocycles. The van der Waals surface area contributed by atoms with E-state index in [9.17, 15) is 4.79 Å². The van der Waals surface area contributed by atoms with E-state index in [-0.39, 0.29) is 25.8 Å². The van der Waals surface area contributed by atoms with Gasteiger partial charge in [0.2, 0.25) is 0 Å². The highest BCUT2D eigenvalue weighted by molar-refractivity contribution is 7.08. The summed E-state index contributed by atoms with van der Waals surface area (Å²) in [6.45, 7) is 1.68. The first-order valence-corrected chi connectivity index (χ1v) is 6.21. The fourth-order valence-electron chi connectivity index (χ4n) is 1.35. The van der Waals surface area contributed by atoms with E-state index in [0.717, 1.165) is 5.69 Å². The smallest absolute Gasteiger partial charge is 0.321 e. The van der Waals surface area contributed by atoms with E-state index in [2.05, 4.69) is 5.32 Å². The molecule has 0 aliphatic rings. The maximum Gasteiger partial charge on any atom is 0.321 e. The first kappa shape index (κ1) is 14.0. The Kier molecular flexibility index (Phi) is 4.92. The van der Waals surface area contributed by atoms with E-state index >= 15 is 0 Å². The van der Waals surface area contributed by atoms with Gasteiger partial charge in [-0.2, -0.15) is 11.3 Å². The van der Waals surface area contributed by atoms with Crippen LogP contribution in [-0.4, -0.2) is 48.0 Å². The van der Waals surface area contributed by atoms with Gasteiger partial charge in [-0.1, -0.05) is 6.92 Å². The number of aliphatic hydroxyl groups is 2. The molecule has 6 heteroatoms. The predicted molar refractivity (Wildman–Crippen MR) is 68.2 cm³/mol. The van der Waals surface area contributed by atoms with E-state index in [1.807, 2.05) is 16.8 Å². The van der Waals surface area contributed by atoms with Crippen molar-refractivity contribution in [3.8, 4) is 0 Å². The van der Waals surface area contributed by atoms with Gasteiger partial charge in [-0.3, -0.25) is 0 Å². The molecule has 0 radical (unpaired) electrons. The van der Waals surface area contributed by atoms with Crippen LogP contribution in [0.2, 0.25) is 0 Å². The molecule has 2 amide bonds. The molecule has 1 heterocycles. The molecule has 0 unspecified atom stereocenters. The van der Waals surface area contributed by atoms with E-state index in [0.29, 0.717) is 0 Å². The van der Waals surface area contributed by atoms with Gasteiger partial charge >= 0.3 is 6.03 Å². The van der Waals surface area contributed by atoms with Crippen LogP contribution in [-0.2, 0) is 0 Å². The van der Waals surface area contributed by atoms with Crippen molar-refractivity contribution >= 4 is 23.1 Å². The van der Waals surface area contributed by atoms with Crippen LogP contribution in [0.25, 0.3) is 0 Å². The number of nitrogens with zero attached hydrogens (tertiary/aromatic N) is 1. The third-order valence-corrected chi connectivity index (χ3v) is 3.18. The first-order valence-electron chi connectivity index (χ1n) is 5.27. The lowest BCUT2D eigenvalue weighted by molar-refractivity contribution is 0.0509. The highest BCUT2D eigenvalue weighted by Crippen LogP contribution is 2.17. The van der Waals surface area contributed by atoms with E-state index in [4.69, 9.17) is 10.2 Å². The predicted octanol–water partition coefficient (Wildman–Crippen LogP) is 1.20. The van der Waals surface area contributed by atoms with Gasteiger partial charge < -0.3 is 20.4 Å². The van der Waals surface area contributed by atoms with Crippen LogP contribution in [0.4, 0.5) is 10.5 Å². The molecule has 0 fully saturated rings. The maximum absolute atomic E-state index is 11.8. The Morgan fingerprint density at radius 2 is 2.18 bits per heavy atom. The number of rotatable bonds is 5. The van der Waals surface area contributed by atoms with Crippen LogP contribution in [0.5, 0.6) is 0 Å². The number of thiophene rings is 1. The summed E-state index contributed by atoms with van der Waals surface area (Å²) in [5.41, 5.74) is 0.0716. The SMILES string of the molecule is CN(CC(C)(CO)CO)C(=O)Nc1ccsc1. The summed E-state index contributed by atoms with van der Waals surface area (Å²) in [5.74, 6) is 0. The number of urea groups is 1. The molecule has 1 aromatic rings. The molecule has 3 N–H and O–H groups in total. The van der Waals surface area contributed by atoms with Crippen molar-refractivity contribution in [3.05, 3.63) is 16.8 Å². The second kappa shape index (κ2) is 6.00. The van der Waals surface area contributed by atoms with Crippen molar-refractivity contribution in [2.45, 2.75) is 6.92 Å². The number of carbonyl (C=O) groups is 1. The Morgan fingerprint density at radius 3 is 2.65 bits per heavy atom. The van der Waals surface area contributed by atoms with E-state index in [1.165, 1.54) is 16.2 Å². The van der Waals surface area contributed by atoms with E-state index in [1.54, 1.807) is 14.0 Å². The number of aliphatic hydroxyl groups excluding tert-OH is 2. The molecule has 0 bridgehead atoms. The van der Waals surface area contributed by atoms with Crippen molar-refractivity contribution in [3.63, 3.8) is 0 Å². The van der Waals surface area contributed by atoms with Crippen LogP contribution in [0, 0.1) is 5.41 Å². The lowest BCUT2D eigenvalue weighted by atomic mass is 9.92. The summed E-state index contributed by atoms with van der Waals surface area (Å²) < 4.78 is 0. The van der Waals surface area contributed by atoms with Gasteiger partial charge in [-0.25, -0.2) is 4.79 Å². The number of hydrogen-bond acceptors (Lipinski definition) is 4. The van der Waals surface area contributed by atoms with Gasteiger partial charge in [0, 0.05) is 24.4 Å². The molecule has 96 valence electrons. The minimum atomic E-state index is -0.680. The number of carbonyl (C=O) groups excluding carboxylic acids is 1. The molecule has 0 aliphatic carbocycles.